The largest absolute Gasteiger partial charge is 0.416 e. The minimum absolute atomic E-state index is 0.0142. The highest BCUT2D eigenvalue weighted by molar-refractivity contribution is 5.78. The number of nitrogens with zero attached hydrogens (tertiary/aromatic N) is 1. The van der Waals surface area contributed by atoms with Gasteiger partial charge in [0.05, 0.1) is 5.56 Å². The minimum atomic E-state index is -4.35. The van der Waals surface area contributed by atoms with Gasteiger partial charge in [0.1, 0.15) is 0 Å². The molecule has 1 aromatic carbocycles. The van der Waals surface area contributed by atoms with E-state index in [2.05, 4.69) is 0 Å². The van der Waals surface area contributed by atoms with Gasteiger partial charge in [0.2, 0.25) is 11.8 Å². The lowest BCUT2D eigenvalue weighted by molar-refractivity contribution is -0.137. The number of carbonyl (C=O) groups excluding carboxylic acids is 2. The quantitative estimate of drug-likeness (QED) is 0.797. The predicted octanol–water partition coefficient (Wildman–Crippen LogP) is 3.15. The smallest absolute Gasteiger partial charge is 0.369 e. The standard InChI is InChI=1S/C18H22F3N2O2/c19-18(20,21)15-6-3-5-13(12-15)4-1-2-7-16(24)23-10-8-14(9-11-23)17(22)25/h3-6,12,14H,1-2,7-11H2,(H2,22,25). The van der Waals surface area contributed by atoms with E-state index in [1.54, 1.807) is 17.4 Å². The summed E-state index contributed by atoms with van der Waals surface area (Å²) in [6.45, 7) is 1.06. The number of likely N-dealkylation sites (tertiary alicyclic amines) is 1. The summed E-state index contributed by atoms with van der Waals surface area (Å²) in [7, 11) is 0. The first-order valence-corrected chi connectivity index (χ1v) is 8.35. The minimum Gasteiger partial charge on any atom is -0.369 e. The Bertz CT molecular complexity index is 609. The van der Waals surface area contributed by atoms with Crippen LogP contribution in [0.5, 0.6) is 0 Å². The van der Waals surface area contributed by atoms with E-state index in [1.807, 2.05) is 0 Å². The molecule has 4 nitrogen and oxygen atoms in total. The molecule has 0 saturated carbocycles. The molecule has 1 radical (unpaired) electrons. The number of rotatable bonds is 6. The van der Waals surface area contributed by atoms with Gasteiger partial charge in [-0.25, -0.2) is 0 Å². The Morgan fingerprint density at radius 2 is 1.92 bits per heavy atom. The van der Waals surface area contributed by atoms with E-state index >= 15 is 0 Å². The third-order valence-corrected chi connectivity index (χ3v) is 4.44. The zero-order chi connectivity index (χ0) is 18.4. The summed E-state index contributed by atoms with van der Waals surface area (Å²) in [6, 6.07) is 5.14. The van der Waals surface area contributed by atoms with Crippen molar-refractivity contribution in [3.05, 3.63) is 41.8 Å². The van der Waals surface area contributed by atoms with Crippen LogP contribution in [0.3, 0.4) is 0 Å². The number of alkyl halides is 3. The number of benzene rings is 1. The Kier molecular flexibility index (Phi) is 6.45. The predicted molar refractivity (Wildman–Crippen MR) is 87.2 cm³/mol. The third kappa shape index (κ3) is 5.76. The summed E-state index contributed by atoms with van der Waals surface area (Å²) >= 11 is 0. The van der Waals surface area contributed by atoms with Gasteiger partial charge in [-0.05, 0) is 43.7 Å². The van der Waals surface area contributed by atoms with E-state index in [1.165, 1.54) is 6.07 Å². The highest BCUT2D eigenvalue weighted by Gasteiger charge is 2.30. The second-order valence-electron chi connectivity index (χ2n) is 6.28. The summed E-state index contributed by atoms with van der Waals surface area (Å²) in [5.41, 5.74) is 5.10. The first-order chi connectivity index (χ1) is 11.8. The first kappa shape index (κ1) is 19.3. The Morgan fingerprint density at radius 1 is 1.24 bits per heavy atom. The van der Waals surface area contributed by atoms with Crippen LogP contribution < -0.4 is 5.73 Å². The second-order valence-corrected chi connectivity index (χ2v) is 6.28. The molecule has 0 aliphatic carbocycles. The maximum Gasteiger partial charge on any atom is 0.416 e. The number of carbonyl (C=O) groups is 2. The Labute approximate surface area is 145 Å². The lowest BCUT2D eigenvalue weighted by Crippen LogP contribution is -2.41. The van der Waals surface area contributed by atoms with E-state index < -0.39 is 11.7 Å². The van der Waals surface area contributed by atoms with Crippen LogP contribution >= 0.6 is 0 Å². The van der Waals surface area contributed by atoms with Gasteiger partial charge in [0.25, 0.3) is 0 Å². The van der Waals surface area contributed by atoms with Gasteiger partial charge in [-0.3, -0.25) is 9.59 Å². The molecule has 137 valence electrons. The van der Waals surface area contributed by atoms with Gasteiger partial charge < -0.3 is 10.6 Å². The van der Waals surface area contributed by atoms with E-state index in [0.717, 1.165) is 12.1 Å². The van der Waals surface area contributed by atoms with Gasteiger partial charge in [-0.2, -0.15) is 13.2 Å². The van der Waals surface area contributed by atoms with Crippen molar-refractivity contribution >= 4 is 11.8 Å². The van der Waals surface area contributed by atoms with Crippen molar-refractivity contribution in [2.75, 3.05) is 13.1 Å². The molecule has 7 heteroatoms. The van der Waals surface area contributed by atoms with Crippen LogP contribution in [0.15, 0.2) is 24.3 Å². The lowest BCUT2D eigenvalue weighted by atomic mass is 9.96. The zero-order valence-corrected chi connectivity index (χ0v) is 13.9. The molecule has 0 unspecified atom stereocenters. The molecular formula is C18H22F3N2O2. The van der Waals surface area contributed by atoms with Crippen molar-refractivity contribution in [1.82, 2.24) is 4.90 Å². The number of halogens is 3. The molecule has 1 aliphatic rings. The molecule has 0 aromatic heterocycles. The molecule has 25 heavy (non-hydrogen) atoms. The topological polar surface area (TPSA) is 63.4 Å². The number of primary amides is 1. The summed E-state index contributed by atoms with van der Waals surface area (Å²) in [4.78, 5) is 25.0. The van der Waals surface area contributed by atoms with Crippen molar-refractivity contribution in [3.63, 3.8) is 0 Å². The highest BCUT2D eigenvalue weighted by Crippen LogP contribution is 2.30. The molecule has 1 aromatic rings. The molecule has 1 fully saturated rings. The molecular weight excluding hydrogens is 333 g/mol. The highest BCUT2D eigenvalue weighted by atomic mass is 19.4. The van der Waals surface area contributed by atoms with E-state index in [-0.39, 0.29) is 17.7 Å². The van der Waals surface area contributed by atoms with Gasteiger partial charge >= 0.3 is 6.18 Å². The maximum absolute atomic E-state index is 12.7. The van der Waals surface area contributed by atoms with Gasteiger partial charge in [-0.15, -0.1) is 0 Å². The van der Waals surface area contributed by atoms with Crippen molar-refractivity contribution in [2.45, 2.75) is 38.3 Å². The number of piperidine rings is 1. The monoisotopic (exact) mass is 355 g/mol. The Balaban J connectivity index is 1.71. The molecule has 1 saturated heterocycles. The number of amides is 2. The van der Waals surface area contributed by atoms with Crippen molar-refractivity contribution < 1.29 is 22.8 Å². The first-order valence-electron chi connectivity index (χ1n) is 8.35. The SMILES string of the molecule is NC(=O)C1CCN(C(=O)CCC[CH]c2cccc(C(F)(F)F)c2)CC1. The van der Waals surface area contributed by atoms with E-state index in [9.17, 15) is 22.8 Å². The molecule has 1 aliphatic heterocycles. The van der Waals surface area contributed by atoms with Crippen LogP contribution in [0.25, 0.3) is 0 Å². The van der Waals surface area contributed by atoms with Gasteiger partial charge in [0.15, 0.2) is 0 Å². The van der Waals surface area contributed by atoms with Gasteiger partial charge in [-0.1, -0.05) is 18.2 Å². The van der Waals surface area contributed by atoms with Crippen molar-refractivity contribution in [1.29, 1.82) is 0 Å². The molecule has 2 rings (SSSR count). The second kappa shape index (κ2) is 8.36. The van der Waals surface area contributed by atoms with Crippen LogP contribution in [-0.2, 0) is 15.8 Å². The molecule has 2 amide bonds. The fourth-order valence-electron chi connectivity index (χ4n) is 2.94. The zero-order valence-electron chi connectivity index (χ0n) is 13.9. The molecule has 0 atom stereocenters. The van der Waals surface area contributed by atoms with E-state index in [0.29, 0.717) is 50.8 Å². The van der Waals surface area contributed by atoms with Gasteiger partial charge in [0, 0.05) is 25.4 Å². The normalized spacial score (nSPS) is 16.0. The van der Waals surface area contributed by atoms with E-state index in [4.69, 9.17) is 5.73 Å². The molecule has 0 spiro atoms. The van der Waals surface area contributed by atoms with Crippen molar-refractivity contribution in [2.24, 2.45) is 11.7 Å². The number of nitrogens with two attached hydrogens (primary N) is 1. The Hall–Kier alpha value is -2.05. The van der Waals surface area contributed by atoms with Crippen LogP contribution in [-0.4, -0.2) is 29.8 Å². The fraction of sp³-hybridized carbons (Fsp3) is 0.500. The molecule has 0 bridgehead atoms. The van der Waals surface area contributed by atoms with Crippen molar-refractivity contribution in [3.8, 4) is 0 Å². The maximum atomic E-state index is 12.7. The van der Waals surface area contributed by atoms with Crippen LogP contribution in [0.2, 0.25) is 0 Å². The number of hydrogen-bond donors (Lipinski definition) is 1. The number of unbranched alkanes of at least 4 members (excludes halogenated alkanes) is 1. The molecule has 1 heterocycles. The third-order valence-electron chi connectivity index (χ3n) is 4.44. The molecule has 2 N–H and O–H groups in total. The Morgan fingerprint density at radius 3 is 2.52 bits per heavy atom. The summed E-state index contributed by atoms with van der Waals surface area (Å²) in [5, 5.41) is 0. The lowest BCUT2D eigenvalue weighted by Gasteiger charge is -2.30. The van der Waals surface area contributed by atoms with Crippen LogP contribution in [0.1, 0.15) is 43.2 Å². The fourth-order valence-corrected chi connectivity index (χ4v) is 2.94. The number of hydrogen-bond acceptors (Lipinski definition) is 2. The average molecular weight is 355 g/mol. The van der Waals surface area contributed by atoms with Crippen LogP contribution in [0.4, 0.5) is 13.2 Å². The summed E-state index contributed by atoms with van der Waals surface area (Å²) in [5.74, 6) is -0.457. The average Bonchev–Trinajstić information content (AvgIpc) is 2.58. The summed E-state index contributed by atoms with van der Waals surface area (Å²) in [6.07, 6.45) is -0.000113. The van der Waals surface area contributed by atoms with Crippen LogP contribution in [0, 0.1) is 12.3 Å². The summed E-state index contributed by atoms with van der Waals surface area (Å²) < 4.78 is 38.0.